The monoisotopic (exact) mass is 322 g/mol. The van der Waals surface area contributed by atoms with Gasteiger partial charge < -0.3 is 15.1 Å². The summed E-state index contributed by atoms with van der Waals surface area (Å²) >= 11 is 0. The number of carbonyl (C=O) groups is 1. The van der Waals surface area contributed by atoms with Crippen molar-refractivity contribution in [1.82, 2.24) is 20.0 Å². The van der Waals surface area contributed by atoms with Crippen molar-refractivity contribution < 1.29 is 4.79 Å². The lowest BCUT2D eigenvalue weighted by Gasteiger charge is -2.34. The van der Waals surface area contributed by atoms with Crippen LogP contribution in [0.3, 0.4) is 0 Å². The first-order valence-electron chi connectivity index (χ1n) is 9.51. The lowest BCUT2D eigenvalue weighted by Crippen LogP contribution is -2.47. The van der Waals surface area contributed by atoms with E-state index in [4.69, 9.17) is 0 Å². The van der Waals surface area contributed by atoms with Gasteiger partial charge in [0.1, 0.15) is 0 Å². The van der Waals surface area contributed by atoms with Gasteiger partial charge in [-0.2, -0.15) is 0 Å². The highest BCUT2D eigenvalue weighted by atomic mass is 16.2. The van der Waals surface area contributed by atoms with Crippen LogP contribution >= 0.6 is 0 Å². The standard InChI is InChI=1S/C18H34N4O/c1-14-4-6-16(7-5-14)21-11-9-17(13-21)20(3)18(23)22-10-8-15(12-22)19-2/h14-17,19H,4-13H2,1-3H3. The summed E-state index contributed by atoms with van der Waals surface area (Å²) in [5.74, 6) is 0.907. The maximum Gasteiger partial charge on any atom is 0.320 e. The molecule has 2 atom stereocenters. The second kappa shape index (κ2) is 7.39. The molecule has 1 saturated carbocycles. The van der Waals surface area contributed by atoms with Gasteiger partial charge in [-0.25, -0.2) is 4.79 Å². The summed E-state index contributed by atoms with van der Waals surface area (Å²) in [6, 6.07) is 1.86. The van der Waals surface area contributed by atoms with Crippen LogP contribution in [0.25, 0.3) is 0 Å². The quantitative estimate of drug-likeness (QED) is 0.863. The number of nitrogens with zero attached hydrogens (tertiary/aromatic N) is 3. The minimum Gasteiger partial charge on any atom is -0.323 e. The zero-order valence-corrected chi connectivity index (χ0v) is 15.1. The van der Waals surface area contributed by atoms with E-state index < -0.39 is 0 Å². The molecule has 2 saturated heterocycles. The Morgan fingerprint density at radius 1 is 1.04 bits per heavy atom. The Morgan fingerprint density at radius 3 is 2.43 bits per heavy atom. The number of hydrogen-bond donors (Lipinski definition) is 1. The molecule has 132 valence electrons. The predicted molar refractivity (Wildman–Crippen MR) is 93.6 cm³/mol. The molecule has 1 aliphatic carbocycles. The number of carbonyl (C=O) groups excluding carboxylic acids is 1. The molecule has 2 amide bonds. The van der Waals surface area contributed by atoms with Gasteiger partial charge >= 0.3 is 6.03 Å². The average molecular weight is 322 g/mol. The molecule has 1 N–H and O–H groups in total. The topological polar surface area (TPSA) is 38.8 Å². The van der Waals surface area contributed by atoms with E-state index in [9.17, 15) is 4.79 Å². The van der Waals surface area contributed by atoms with Crippen LogP contribution in [0.15, 0.2) is 0 Å². The van der Waals surface area contributed by atoms with Crippen molar-refractivity contribution in [3.63, 3.8) is 0 Å². The van der Waals surface area contributed by atoms with Gasteiger partial charge in [-0.1, -0.05) is 6.92 Å². The van der Waals surface area contributed by atoms with E-state index in [1.807, 2.05) is 23.9 Å². The molecular formula is C18H34N4O. The van der Waals surface area contributed by atoms with Crippen LogP contribution in [0.1, 0.15) is 45.4 Å². The zero-order valence-electron chi connectivity index (χ0n) is 15.1. The Morgan fingerprint density at radius 2 is 1.78 bits per heavy atom. The van der Waals surface area contributed by atoms with E-state index >= 15 is 0 Å². The molecule has 5 nitrogen and oxygen atoms in total. The van der Waals surface area contributed by atoms with E-state index in [1.54, 1.807) is 0 Å². The van der Waals surface area contributed by atoms with Gasteiger partial charge in [-0.3, -0.25) is 4.90 Å². The van der Waals surface area contributed by atoms with Gasteiger partial charge in [0, 0.05) is 51.4 Å². The van der Waals surface area contributed by atoms with Crippen molar-refractivity contribution in [2.24, 2.45) is 5.92 Å². The molecule has 3 aliphatic rings. The molecule has 23 heavy (non-hydrogen) atoms. The Hall–Kier alpha value is -0.810. The van der Waals surface area contributed by atoms with Gasteiger partial charge in [0.15, 0.2) is 0 Å². The summed E-state index contributed by atoms with van der Waals surface area (Å²) in [7, 11) is 3.99. The number of likely N-dealkylation sites (N-methyl/N-ethyl adjacent to an activating group) is 2. The molecular weight excluding hydrogens is 288 g/mol. The molecule has 0 aromatic heterocycles. The lowest BCUT2D eigenvalue weighted by molar-refractivity contribution is 0.139. The Labute approximate surface area is 141 Å². The first kappa shape index (κ1) is 17.0. The number of urea groups is 1. The fraction of sp³-hybridized carbons (Fsp3) is 0.944. The van der Waals surface area contributed by atoms with Gasteiger partial charge in [0.2, 0.25) is 0 Å². The predicted octanol–water partition coefficient (Wildman–Crippen LogP) is 1.98. The number of nitrogens with one attached hydrogen (secondary N) is 1. The molecule has 0 aromatic rings. The summed E-state index contributed by atoms with van der Waals surface area (Å²) < 4.78 is 0. The number of likely N-dealkylation sites (tertiary alicyclic amines) is 2. The molecule has 0 aromatic carbocycles. The molecule has 0 spiro atoms. The highest BCUT2D eigenvalue weighted by Gasteiger charge is 2.36. The van der Waals surface area contributed by atoms with E-state index in [2.05, 4.69) is 17.1 Å². The smallest absolute Gasteiger partial charge is 0.320 e. The van der Waals surface area contributed by atoms with Crippen molar-refractivity contribution in [1.29, 1.82) is 0 Å². The fourth-order valence-electron chi connectivity index (χ4n) is 4.57. The van der Waals surface area contributed by atoms with Crippen molar-refractivity contribution >= 4 is 6.03 Å². The number of hydrogen-bond acceptors (Lipinski definition) is 3. The third-order valence-corrected chi connectivity index (χ3v) is 6.41. The molecule has 2 aliphatic heterocycles. The first-order valence-corrected chi connectivity index (χ1v) is 9.51. The fourth-order valence-corrected chi connectivity index (χ4v) is 4.57. The Kier molecular flexibility index (Phi) is 5.47. The highest BCUT2D eigenvalue weighted by Crippen LogP contribution is 2.30. The van der Waals surface area contributed by atoms with E-state index in [0.717, 1.165) is 44.4 Å². The van der Waals surface area contributed by atoms with Gasteiger partial charge in [-0.15, -0.1) is 0 Å². The third kappa shape index (κ3) is 3.82. The first-order chi connectivity index (χ1) is 11.1. The van der Waals surface area contributed by atoms with Crippen molar-refractivity contribution in [3.8, 4) is 0 Å². The summed E-state index contributed by atoms with van der Waals surface area (Å²) in [4.78, 5) is 19.4. The minimum atomic E-state index is 0.229. The Bertz CT molecular complexity index is 408. The molecule has 0 bridgehead atoms. The maximum atomic E-state index is 12.7. The van der Waals surface area contributed by atoms with Crippen LogP contribution in [0.4, 0.5) is 4.79 Å². The maximum absolute atomic E-state index is 12.7. The number of amides is 2. The average Bonchev–Trinajstić information content (AvgIpc) is 3.23. The van der Waals surface area contributed by atoms with Crippen molar-refractivity contribution in [2.45, 2.75) is 63.6 Å². The molecule has 3 fully saturated rings. The second-order valence-corrected chi connectivity index (χ2v) is 7.96. The third-order valence-electron chi connectivity index (χ3n) is 6.41. The summed E-state index contributed by atoms with van der Waals surface area (Å²) in [5, 5.41) is 3.29. The van der Waals surface area contributed by atoms with E-state index in [-0.39, 0.29) is 6.03 Å². The summed E-state index contributed by atoms with van der Waals surface area (Å²) in [5.41, 5.74) is 0. The summed E-state index contributed by atoms with van der Waals surface area (Å²) in [6.07, 6.45) is 7.66. The molecule has 2 heterocycles. The van der Waals surface area contributed by atoms with Crippen LogP contribution in [0.2, 0.25) is 0 Å². The van der Waals surface area contributed by atoms with Gasteiger partial charge in [0.25, 0.3) is 0 Å². The molecule has 0 radical (unpaired) electrons. The van der Waals surface area contributed by atoms with E-state index in [0.29, 0.717) is 12.1 Å². The summed E-state index contributed by atoms with van der Waals surface area (Å²) in [6.45, 7) is 6.37. The SMILES string of the molecule is CNC1CCN(C(=O)N(C)C2CCN(C3CCC(C)CC3)C2)C1. The van der Waals surface area contributed by atoms with Gasteiger partial charge in [-0.05, 0) is 51.5 Å². The van der Waals surface area contributed by atoms with Crippen LogP contribution < -0.4 is 5.32 Å². The van der Waals surface area contributed by atoms with Crippen LogP contribution in [-0.4, -0.2) is 79.1 Å². The van der Waals surface area contributed by atoms with Crippen molar-refractivity contribution in [3.05, 3.63) is 0 Å². The second-order valence-electron chi connectivity index (χ2n) is 7.96. The van der Waals surface area contributed by atoms with Crippen molar-refractivity contribution in [2.75, 3.05) is 40.3 Å². The highest BCUT2D eigenvalue weighted by molar-refractivity contribution is 5.75. The minimum absolute atomic E-state index is 0.229. The molecule has 5 heteroatoms. The molecule has 3 rings (SSSR count). The molecule has 2 unspecified atom stereocenters. The largest absolute Gasteiger partial charge is 0.323 e. The van der Waals surface area contributed by atoms with Crippen LogP contribution in [0, 0.1) is 5.92 Å². The lowest BCUT2D eigenvalue weighted by atomic mass is 9.87. The Balaban J connectivity index is 1.49. The van der Waals surface area contributed by atoms with Gasteiger partial charge in [0.05, 0.1) is 0 Å². The van der Waals surface area contributed by atoms with E-state index in [1.165, 1.54) is 32.2 Å². The van der Waals surface area contributed by atoms with Crippen LogP contribution in [-0.2, 0) is 0 Å². The number of rotatable bonds is 3. The van der Waals surface area contributed by atoms with Crippen LogP contribution in [0.5, 0.6) is 0 Å². The zero-order chi connectivity index (χ0) is 16.4. The normalized spacial score (nSPS) is 35.7.